The fourth-order valence-electron chi connectivity index (χ4n) is 2.71. The van der Waals surface area contributed by atoms with Gasteiger partial charge in [-0.05, 0) is 43.7 Å². The molecule has 1 heteroatoms. The Labute approximate surface area is 96.0 Å². The maximum absolute atomic E-state index is 3.54. The highest BCUT2D eigenvalue weighted by Crippen LogP contribution is 2.32. The Morgan fingerprint density at radius 1 is 1.13 bits per heavy atom. The number of hydrogen-bond acceptors (Lipinski definition) is 1. The second-order valence-electron chi connectivity index (χ2n) is 5.54. The summed E-state index contributed by atoms with van der Waals surface area (Å²) in [6.07, 6.45) is 8.69. The quantitative estimate of drug-likeness (QED) is 0.631. The van der Waals surface area contributed by atoms with Gasteiger partial charge in [-0.3, -0.25) is 0 Å². The summed E-state index contributed by atoms with van der Waals surface area (Å²) in [5.41, 5.74) is 0. The van der Waals surface area contributed by atoms with Crippen molar-refractivity contribution in [1.29, 1.82) is 0 Å². The number of hydrogen-bond donors (Lipinski definition) is 1. The van der Waals surface area contributed by atoms with Crippen LogP contribution >= 0.6 is 0 Å². The van der Waals surface area contributed by atoms with E-state index in [4.69, 9.17) is 0 Å². The Morgan fingerprint density at radius 3 is 2.40 bits per heavy atom. The van der Waals surface area contributed by atoms with Crippen LogP contribution in [0.25, 0.3) is 0 Å². The maximum Gasteiger partial charge on any atom is -0.00206 e. The van der Waals surface area contributed by atoms with Crippen molar-refractivity contribution in [2.24, 2.45) is 17.8 Å². The molecule has 0 aromatic heterocycles. The van der Waals surface area contributed by atoms with Crippen molar-refractivity contribution in [2.75, 3.05) is 13.1 Å². The van der Waals surface area contributed by atoms with Gasteiger partial charge in [0.25, 0.3) is 0 Å². The zero-order chi connectivity index (χ0) is 11.1. The minimum atomic E-state index is 0.845. The molecule has 0 spiro atoms. The summed E-state index contributed by atoms with van der Waals surface area (Å²) in [6.45, 7) is 9.47. The Morgan fingerprint density at radius 2 is 1.80 bits per heavy atom. The number of nitrogens with one attached hydrogen (secondary N) is 1. The van der Waals surface area contributed by atoms with Crippen LogP contribution in [0.15, 0.2) is 0 Å². The predicted molar refractivity (Wildman–Crippen MR) is 68.1 cm³/mol. The molecule has 2 unspecified atom stereocenters. The average Bonchev–Trinajstić information content (AvgIpc) is 2.70. The summed E-state index contributed by atoms with van der Waals surface area (Å²) < 4.78 is 0. The molecule has 0 radical (unpaired) electrons. The van der Waals surface area contributed by atoms with E-state index in [0.717, 1.165) is 17.8 Å². The van der Waals surface area contributed by atoms with Crippen LogP contribution in [0.1, 0.15) is 59.3 Å². The molecule has 0 bridgehead atoms. The molecule has 1 saturated carbocycles. The lowest BCUT2D eigenvalue weighted by Crippen LogP contribution is -2.26. The number of rotatable bonds is 7. The molecule has 0 amide bonds. The first kappa shape index (κ1) is 13.0. The zero-order valence-electron chi connectivity index (χ0n) is 10.9. The van der Waals surface area contributed by atoms with Crippen molar-refractivity contribution >= 4 is 0 Å². The summed E-state index contributed by atoms with van der Waals surface area (Å²) in [5, 5.41) is 3.54. The molecule has 1 aliphatic rings. The van der Waals surface area contributed by atoms with Crippen LogP contribution in [-0.4, -0.2) is 13.1 Å². The van der Waals surface area contributed by atoms with E-state index in [1.165, 1.54) is 51.6 Å². The standard InChI is InChI=1S/C14H29N/c1-4-9-15-11-13(3)12(2)10-14-7-5-6-8-14/h12-15H,4-11H2,1-3H3. The molecule has 1 rings (SSSR count). The Balaban J connectivity index is 2.11. The molecule has 1 aliphatic carbocycles. The van der Waals surface area contributed by atoms with Crippen molar-refractivity contribution < 1.29 is 0 Å². The Kier molecular flexibility index (Phi) is 6.31. The van der Waals surface area contributed by atoms with Crippen molar-refractivity contribution in [3.05, 3.63) is 0 Å². The fraction of sp³-hybridized carbons (Fsp3) is 1.00. The van der Waals surface area contributed by atoms with Crippen molar-refractivity contribution in [3.8, 4) is 0 Å². The van der Waals surface area contributed by atoms with E-state index in [9.17, 15) is 0 Å². The third-order valence-electron chi connectivity index (χ3n) is 4.04. The average molecular weight is 211 g/mol. The lowest BCUT2D eigenvalue weighted by Gasteiger charge is -2.23. The van der Waals surface area contributed by atoms with E-state index in [2.05, 4.69) is 26.1 Å². The molecule has 1 N–H and O–H groups in total. The van der Waals surface area contributed by atoms with E-state index >= 15 is 0 Å². The largest absolute Gasteiger partial charge is 0.316 e. The molecule has 1 nitrogen and oxygen atoms in total. The first-order valence-electron chi connectivity index (χ1n) is 6.94. The molecular weight excluding hydrogens is 182 g/mol. The first-order chi connectivity index (χ1) is 7.24. The van der Waals surface area contributed by atoms with Gasteiger partial charge in [0.15, 0.2) is 0 Å². The van der Waals surface area contributed by atoms with Gasteiger partial charge in [-0.2, -0.15) is 0 Å². The molecule has 0 heterocycles. The van der Waals surface area contributed by atoms with Crippen LogP contribution in [0, 0.1) is 17.8 Å². The molecule has 2 atom stereocenters. The smallest absolute Gasteiger partial charge is 0.00206 e. The molecule has 90 valence electrons. The van der Waals surface area contributed by atoms with Crippen LogP contribution in [0.4, 0.5) is 0 Å². The van der Waals surface area contributed by atoms with Crippen molar-refractivity contribution in [2.45, 2.75) is 59.3 Å². The van der Waals surface area contributed by atoms with Gasteiger partial charge in [0.1, 0.15) is 0 Å². The highest BCUT2D eigenvalue weighted by atomic mass is 14.8. The van der Waals surface area contributed by atoms with E-state index < -0.39 is 0 Å². The van der Waals surface area contributed by atoms with E-state index in [1.807, 2.05) is 0 Å². The van der Waals surface area contributed by atoms with Crippen LogP contribution < -0.4 is 5.32 Å². The monoisotopic (exact) mass is 211 g/mol. The minimum absolute atomic E-state index is 0.845. The van der Waals surface area contributed by atoms with Gasteiger partial charge in [0.2, 0.25) is 0 Å². The van der Waals surface area contributed by atoms with Crippen LogP contribution in [0.2, 0.25) is 0 Å². The van der Waals surface area contributed by atoms with Gasteiger partial charge in [0, 0.05) is 0 Å². The maximum atomic E-state index is 3.54. The third-order valence-corrected chi connectivity index (χ3v) is 4.04. The predicted octanol–water partition coefficient (Wildman–Crippen LogP) is 3.84. The normalized spacial score (nSPS) is 21.8. The van der Waals surface area contributed by atoms with Gasteiger partial charge in [-0.1, -0.05) is 46.5 Å². The summed E-state index contributed by atoms with van der Waals surface area (Å²) in [7, 11) is 0. The summed E-state index contributed by atoms with van der Waals surface area (Å²) in [4.78, 5) is 0. The second kappa shape index (κ2) is 7.27. The summed E-state index contributed by atoms with van der Waals surface area (Å²) in [6, 6.07) is 0. The van der Waals surface area contributed by atoms with Gasteiger partial charge in [-0.25, -0.2) is 0 Å². The summed E-state index contributed by atoms with van der Waals surface area (Å²) in [5.74, 6) is 2.79. The molecule has 0 aliphatic heterocycles. The van der Waals surface area contributed by atoms with Gasteiger partial charge in [0.05, 0.1) is 0 Å². The van der Waals surface area contributed by atoms with E-state index in [-0.39, 0.29) is 0 Å². The SMILES string of the molecule is CCCNCC(C)C(C)CC1CCCC1. The molecule has 15 heavy (non-hydrogen) atoms. The Bertz CT molecular complexity index is 149. The first-order valence-corrected chi connectivity index (χ1v) is 6.94. The van der Waals surface area contributed by atoms with Crippen LogP contribution in [0.3, 0.4) is 0 Å². The van der Waals surface area contributed by atoms with E-state index in [1.54, 1.807) is 0 Å². The lowest BCUT2D eigenvalue weighted by atomic mass is 9.86. The fourth-order valence-corrected chi connectivity index (χ4v) is 2.71. The minimum Gasteiger partial charge on any atom is -0.316 e. The van der Waals surface area contributed by atoms with Crippen molar-refractivity contribution in [3.63, 3.8) is 0 Å². The van der Waals surface area contributed by atoms with Crippen LogP contribution in [-0.2, 0) is 0 Å². The summed E-state index contributed by atoms with van der Waals surface area (Å²) >= 11 is 0. The Hall–Kier alpha value is -0.0400. The second-order valence-corrected chi connectivity index (χ2v) is 5.54. The van der Waals surface area contributed by atoms with Crippen LogP contribution in [0.5, 0.6) is 0 Å². The molecule has 0 saturated heterocycles. The highest BCUT2D eigenvalue weighted by molar-refractivity contribution is 4.73. The zero-order valence-corrected chi connectivity index (χ0v) is 10.9. The van der Waals surface area contributed by atoms with Gasteiger partial charge >= 0.3 is 0 Å². The van der Waals surface area contributed by atoms with Gasteiger partial charge < -0.3 is 5.32 Å². The highest BCUT2D eigenvalue weighted by Gasteiger charge is 2.20. The molecule has 0 aromatic rings. The molecular formula is C14H29N. The molecule has 0 aromatic carbocycles. The van der Waals surface area contributed by atoms with E-state index in [0.29, 0.717) is 0 Å². The molecule has 1 fully saturated rings. The lowest BCUT2D eigenvalue weighted by molar-refractivity contribution is 0.296. The van der Waals surface area contributed by atoms with Gasteiger partial charge in [-0.15, -0.1) is 0 Å². The van der Waals surface area contributed by atoms with Crippen molar-refractivity contribution in [1.82, 2.24) is 5.32 Å². The third kappa shape index (κ3) is 5.01. The topological polar surface area (TPSA) is 12.0 Å².